The van der Waals surface area contributed by atoms with E-state index in [-0.39, 0.29) is 35.4 Å². The van der Waals surface area contributed by atoms with E-state index in [0.29, 0.717) is 23.2 Å². The van der Waals surface area contributed by atoms with Gasteiger partial charge in [0.1, 0.15) is 17.1 Å². The molecule has 0 bridgehead atoms. The molecule has 0 saturated carbocycles. The molecule has 10 nitrogen and oxygen atoms in total. The van der Waals surface area contributed by atoms with Gasteiger partial charge in [0.25, 0.3) is 5.91 Å². The molecule has 0 aliphatic heterocycles. The van der Waals surface area contributed by atoms with E-state index in [9.17, 15) is 34.8 Å². The number of aliphatic hydroxyl groups is 3. The molecule has 10 heteroatoms. The molecule has 0 fully saturated rings. The highest BCUT2D eigenvalue weighted by atomic mass is 16.3. The highest BCUT2D eigenvalue weighted by molar-refractivity contribution is 6.16. The highest BCUT2D eigenvalue weighted by Gasteiger charge is 2.55. The molecule has 3 aliphatic carbocycles. The van der Waals surface area contributed by atoms with Gasteiger partial charge in [-0.15, -0.1) is 0 Å². The van der Waals surface area contributed by atoms with Gasteiger partial charge in [-0.25, -0.2) is 0 Å². The summed E-state index contributed by atoms with van der Waals surface area (Å²) in [6, 6.07) is 6.85. The largest absolute Gasteiger partial charge is 0.512 e. The van der Waals surface area contributed by atoms with Gasteiger partial charge in [-0.05, 0) is 55.4 Å². The molecule has 0 radical (unpaired) electrons. The summed E-state index contributed by atoms with van der Waals surface area (Å²) in [5.74, 6) is -5.26. The van der Waals surface area contributed by atoms with Crippen molar-refractivity contribution in [3.63, 3.8) is 0 Å². The second-order valence-corrected chi connectivity index (χ2v) is 10.1. The molecule has 1 heterocycles. The molecular weight excluding hydrogens is 478 g/mol. The van der Waals surface area contributed by atoms with Crippen LogP contribution in [-0.4, -0.2) is 48.6 Å². The number of rotatable bonds is 3. The van der Waals surface area contributed by atoms with Crippen molar-refractivity contribution in [2.24, 2.45) is 23.5 Å². The molecule has 4 unspecified atom stereocenters. The maximum absolute atomic E-state index is 13.9. The van der Waals surface area contributed by atoms with Crippen LogP contribution in [-0.2, 0) is 16.0 Å². The number of aromatic hydroxyl groups is 1. The molecule has 37 heavy (non-hydrogen) atoms. The summed E-state index contributed by atoms with van der Waals surface area (Å²) in [6.45, 7) is 2.56. The van der Waals surface area contributed by atoms with E-state index in [2.05, 4.69) is 10.3 Å². The summed E-state index contributed by atoms with van der Waals surface area (Å²) >= 11 is 0. The molecule has 2 aromatic rings. The SMILES string of the molecule is CC(=O)Nc1cc(-c2ccccn2)c2c(c1O)C(=O)C1=C(O)C3C(CC(O)=C(C(N)=O)C3(C)O)CC1C2. The van der Waals surface area contributed by atoms with E-state index in [1.54, 1.807) is 30.5 Å². The molecular formula is C27H27N3O7. The van der Waals surface area contributed by atoms with Crippen LogP contribution in [0.4, 0.5) is 5.69 Å². The van der Waals surface area contributed by atoms with Crippen LogP contribution in [0.5, 0.6) is 5.75 Å². The monoisotopic (exact) mass is 505 g/mol. The molecule has 5 rings (SSSR count). The zero-order valence-electron chi connectivity index (χ0n) is 20.3. The summed E-state index contributed by atoms with van der Waals surface area (Å²) in [5.41, 5.74) is 4.62. The number of ketones is 1. The second-order valence-electron chi connectivity index (χ2n) is 10.1. The number of nitrogens with two attached hydrogens (primary N) is 1. The van der Waals surface area contributed by atoms with Crippen LogP contribution in [0.15, 0.2) is 53.1 Å². The third-order valence-corrected chi connectivity index (χ3v) is 7.72. The van der Waals surface area contributed by atoms with Gasteiger partial charge in [0, 0.05) is 30.7 Å². The average molecular weight is 506 g/mol. The highest BCUT2D eigenvalue weighted by Crippen LogP contribution is 2.55. The number of carbonyl (C=O) groups excluding carboxylic acids is 3. The number of amides is 2. The number of allylic oxidation sites excluding steroid dienone is 2. The molecule has 4 atom stereocenters. The molecule has 7 N–H and O–H groups in total. The van der Waals surface area contributed by atoms with E-state index in [0.717, 1.165) is 0 Å². The number of phenols is 1. The Morgan fingerprint density at radius 2 is 1.92 bits per heavy atom. The molecule has 2 amide bonds. The number of Topliss-reactive ketones (excluding diaryl/α,β-unsaturated/α-hetero) is 1. The summed E-state index contributed by atoms with van der Waals surface area (Å²) in [6.07, 6.45) is 2.19. The molecule has 192 valence electrons. The number of anilines is 1. The lowest BCUT2D eigenvalue weighted by Gasteiger charge is -2.48. The summed E-state index contributed by atoms with van der Waals surface area (Å²) in [4.78, 5) is 42.2. The smallest absolute Gasteiger partial charge is 0.250 e. The van der Waals surface area contributed by atoms with Gasteiger partial charge in [0.05, 0.1) is 28.4 Å². The Morgan fingerprint density at radius 3 is 2.54 bits per heavy atom. The molecule has 1 aromatic heterocycles. The topological polar surface area (TPSA) is 183 Å². The number of aliphatic hydroxyl groups excluding tert-OH is 2. The lowest BCUT2D eigenvalue weighted by Crippen LogP contribution is -2.52. The Kier molecular flexibility index (Phi) is 5.60. The quantitative estimate of drug-likeness (QED) is 0.344. The van der Waals surface area contributed by atoms with Gasteiger partial charge in [0.15, 0.2) is 11.5 Å². The maximum atomic E-state index is 13.9. The number of phenolic OH excluding ortho intramolecular Hbond substituents is 1. The first-order valence-electron chi connectivity index (χ1n) is 11.9. The van der Waals surface area contributed by atoms with Crippen LogP contribution in [0.2, 0.25) is 0 Å². The van der Waals surface area contributed by atoms with E-state index in [1.807, 2.05) is 0 Å². The van der Waals surface area contributed by atoms with Crippen LogP contribution in [0.3, 0.4) is 0 Å². The zero-order valence-corrected chi connectivity index (χ0v) is 20.3. The predicted molar refractivity (Wildman–Crippen MR) is 133 cm³/mol. The van der Waals surface area contributed by atoms with Crippen LogP contribution < -0.4 is 11.1 Å². The summed E-state index contributed by atoms with van der Waals surface area (Å²) < 4.78 is 0. The van der Waals surface area contributed by atoms with Crippen LogP contribution in [0, 0.1) is 17.8 Å². The number of nitrogens with one attached hydrogen (secondary N) is 1. The number of hydrogen-bond donors (Lipinski definition) is 6. The number of pyridine rings is 1. The summed E-state index contributed by atoms with van der Waals surface area (Å²) in [5, 5.41) is 46.8. The van der Waals surface area contributed by atoms with E-state index in [1.165, 1.54) is 13.8 Å². The number of fused-ring (bicyclic) bond motifs is 3. The molecule has 0 saturated heterocycles. The van der Waals surface area contributed by atoms with E-state index in [4.69, 9.17) is 5.73 Å². The molecule has 0 spiro atoms. The van der Waals surface area contributed by atoms with Crippen molar-refractivity contribution in [1.82, 2.24) is 4.98 Å². The first-order chi connectivity index (χ1) is 17.4. The van der Waals surface area contributed by atoms with Gasteiger partial charge in [-0.2, -0.15) is 0 Å². The van der Waals surface area contributed by atoms with E-state index < -0.39 is 58.0 Å². The standard InChI is InChI=1S/C27H27N3O7/c1-11(31)30-17-10-14(16-5-3-4-6-29-16)15-8-12-7-13-9-18(32)22(26(28)36)27(2,37)21(13)25(35)19(12)24(34)20(15)23(17)33/h3-6,10,12-13,21,32-33,35,37H,7-9H2,1-2H3,(H2,28,36)(H,30,31). The third-order valence-electron chi connectivity index (χ3n) is 7.72. The Bertz CT molecular complexity index is 1430. The Morgan fingerprint density at radius 1 is 1.19 bits per heavy atom. The van der Waals surface area contributed by atoms with Crippen LogP contribution in [0.1, 0.15) is 42.6 Å². The van der Waals surface area contributed by atoms with Crippen molar-refractivity contribution < 1.29 is 34.8 Å². The predicted octanol–water partition coefficient (Wildman–Crippen LogP) is 2.67. The normalized spacial score (nSPS) is 26.8. The minimum absolute atomic E-state index is 0.00773. The van der Waals surface area contributed by atoms with Gasteiger partial charge in [-0.1, -0.05) is 6.07 Å². The van der Waals surface area contributed by atoms with Crippen molar-refractivity contribution in [3.05, 3.63) is 64.3 Å². The van der Waals surface area contributed by atoms with Crippen molar-refractivity contribution in [1.29, 1.82) is 0 Å². The van der Waals surface area contributed by atoms with Gasteiger partial charge >= 0.3 is 0 Å². The summed E-state index contributed by atoms with van der Waals surface area (Å²) in [7, 11) is 0. The van der Waals surface area contributed by atoms with Crippen molar-refractivity contribution in [2.75, 3.05) is 5.32 Å². The fourth-order valence-electron chi connectivity index (χ4n) is 6.41. The first kappa shape index (κ1) is 24.5. The number of hydrogen-bond acceptors (Lipinski definition) is 8. The van der Waals surface area contributed by atoms with Crippen molar-refractivity contribution >= 4 is 23.3 Å². The Balaban J connectivity index is 1.72. The van der Waals surface area contributed by atoms with Crippen LogP contribution >= 0.6 is 0 Å². The van der Waals surface area contributed by atoms with Gasteiger partial charge in [0.2, 0.25) is 5.91 Å². The minimum Gasteiger partial charge on any atom is -0.512 e. The molecule has 3 aliphatic rings. The number of benzene rings is 1. The zero-order chi connectivity index (χ0) is 26.8. The minimum atomic E-state index is -2.01. The van der Waals surface area contributed by atoms with Crippen molar-refractivity contribution in [3.8, 4) is 17.0 Å². The van der Waals surface area contributed by atoms with Crippen molar-refractivity contribution in [2.45, 2.75) is 38.7 Å². The Hall–Kier alpha value is -4.18. The molecule has 1 aromatic carbocycles. The lowest BCUT2D eigenvalue weighted by molar-refractivity contribution is -0.119. The number of nitrogens with zero attached hydrogens (tertiary/aromatic N) is 1. The van der Waals surface area contributed by atoms with E-state index >= 15 is 0 Å². The van der Waals surface area contributed by atoms with Gasteiger partial charge < -0.3 is 31.5 Å². The Labute approximate surface area is 212 Å². The van der Waals surface area contributed by atoms with Gasteiger partial charge in [-0.3, -0.25) is 19.4 Å². The number of carbonyl (C=O) groups is 3. The fourth-order valence-corrected chi connectivity index (χ4v) is 6.41. The average Bonchev–Trinajstić information content (AvgIpc) is 2.79. The second kappa shape index (κ2) is 8.45. The number of aromatic nitrogens is 1. The van der Waals surface area contributed by atoms with Crippen LogP contribution in [0.25, 0.3) is 11.3 Å². The fraction of sp³-hybridized carbons (Fsp3) is 0.333. The third kappa shape index (κ3) is 3.67. The maximum Gasteiger partial charge on any atom is 0.250 e. The number of primary amides is 1. The lowest BCUT2D eigenvalue weighted by atomic mass is 9.58. The first-order valence-corrected chi connectivity index (χ1v) is 11.9.